The van der Waals surface area contributed by atoms with E-state index < -0.39 is 5.63 Å². The van der Waals surface area contributed by atoms with Crippen LogP contribution in [0, 0.1) is 12.8 Å². The van der Waals surface area contributed by atoms with Gasteiger partial charge in [-0.05, 0) is 49.6 Å². The zero-order chi connectivity index (χ0) is 16.6. The molecule has 1 aliphatic heterocycles. The minimum absolute atomic E-state index is 0. The fourth-order valence-electron chi connectivity index (χ4n) is 3.01. The molecule has 0 bridgehead atoms. The van der Waals surface area contributed by atoms with Gasteiger partial charge in [0.05, 0.1) is 0 Å². The van der Waals surface area contributed by atoms with Crippen LogP contribution in [-0.2, 0) is 0 Å². The van der Waals surface area contributed by atoms with Crippen molar-refractivity contribution in [2.24, 2.45) is 5.92 Å². The number of halogens is 2. The van der Waals surface area contributed by atoms with E-state index in [1.165, 1.54) is 0 Å². The van der Waals surface area contributed by atoms with Gasteiger partial charge in [0.2, 0.25) is 0 Å². The lowest BCUT2D eigenvalue weighted by Crippen LogP contribution is -2.50. The van der Waals surface area contributed by atoms with Crippen LogP contribution in [-0.4, -0.2) is 25.0 Å². The average molecular weight is 416 g/mol. The molecule has 2 unspecified atom stereocenters. The minimum Gasteiger partial charge on any atom is -0.422 e. The maximum atomic E-state index is 12.6. The first-order chi connectivity index (χ1) is 11.0. The number of rotatable bonds is 2. The number of piperidine rings is 1. The summed E-state index contributed by atoms with van der Waals surface area (Å²) >= 11 is 3.41. The topological polar surface area (TPSA) is 71.3 Å². The largest absolute Gasteiger partial charge is 0.422 e. The summed E-state index contributed by atoms with van der Waals surface area (Å²) in [7, 11) is 0. The van der Waals surface area contributed by atoms with Crippen LogP contribution in [0.3, 0.4) is 0 Å². The van der Waals surface area contributed by atoms with Crippen LogP contribution >= 0.6 is 28.3 Å². The molecule has 3 rings (SSSR count). The van der Waals surface area contributed by atoms with E-state index in [-0.39, 0.29) is 29.9 Å². The maximum absolute atomic E-state index is 12.6. The Labute approximate surface area is 154 Å². The Hall–Kier alpha value is -1.37. The molecule has 0 radical (unpaired) electrons. The first-order valence-electron chi connectivity index (χ1n) is 7.72. The summed E-state index contributed by atoms with van der Waals surface area (Å²) < 4.78 is 6.19. The number of hydrogen-bond donors (Lipinski definition) is 2. The Kier molecular flexibility index (Phi) is 6.06. The highest BCUT2D eigenvalue weighted by molar-refractivity contribution is 9.10. The van der Waals surface area contributed by atoms with E-state index in [4.69, 9.17) is 4.42 Å². The number of fused-ring (bicyclic) bond motifs is 1. The van der Waals surface area contributed by atoms with E-state index in [9.17, 15) is 9.59 Å². The molecule has 1 amide bonds. The fraction of sp³-hybridized carbons (Fsp3) is 0.412. The molecule has 1 aromatic carbocycles. The highest BCUT2D eigenvalue weighted by Gasteiger charge is 2.26. The van der Waals surface area contributed by atoms with Crippen LogP contribution in [0.15, 0.2) is 31.9 Å². The normalized spacial score (nSPS) is 20.5. The first kappa shape index (κ1) is 19.0. The van der Waals surface area contributed by atoms with Crippen LogP contribution in [0.1, 0.15) is 29.3 Å². The summed E-state index contributed by atoms with van der Waals surface area (Å²) in [6.07, 6.45) is 1.00. The third kappa shape index (κ3) is 3.66. The monoisotopic (exact) mass is 414 g/mol. The highest BCUT2D eigenvalue weighted by Crippen LogP contribution is 2.23. The zero-order valence-electron chi connectivity index (χ0n) is 13.5. The van der Waals surface area contributed by atoms with Crippen LogP contribution in [0.5, 0.6) is 0 Å². The molecule has 2 atom stereocenters. The Morgan fingerprint density at radius 3 is 2.88 bits per heavy atom. The molecule has 5 nitrogen and oxygen atoms in total. The van der Waals surface area contributed by atoms with Gasteiger partial charge in [-0.3, -0.25) is 4.79 Å². The average Bonchev–Trinajstić information content (AvgIpc) is 2.50. The first-order valence-corrected chi connectivity index (χ1v) is 8.51. The van der Waals surface area contributed by atoms with Crippen molar-refractivity contribution in [3.8, 4) is 0 Å². The highest BCUT2D eigenvalue weighted by atomic mass is 79.9. The second-order valence-electron chi connectivity index (χ2n) is 6.08. The summed E-state index contributed by atoms with van der Waals surface area (Å²) in [6.45, 7) is 5.57. The Bertz CT molecular complexity index is 821. The molecule has 1 aromatic heterocycles. The van der Waals surface area contributed by atoms with E-state index in [1.54, 1.807) is 19.1 Å². The van der Waals surface area contributed by atoms with Gasteiger partial charge in [0.25, 0.3) is 5.91 Å². The summed E-state index contributed by atoms with van der Waals surface area (Å²) in [5.74, 6) is 0.0147. The van der Waals surface area contributed by atoms with Gasteiger partial charge in [-0.15, -0.1) is 12.4 Å². The van der Waals surface area contributed by atoms with E-state index in [1.807, 2.05) is 6.07 Å². The Morgan fingerprint density at radius 2 is 2.17 bits per heavy atom. The molecule has 0 saturated carbocycles. The third-order valence-corrected chi connectivity index (χ3v) is 4.99. The molecule has 0 aliphatic carbocycles. The SMILES string of the molecule is Cc1c(C(=O)NC2CNCCC2C)c(=O)oc2ccc(Br)cc12.Cl. The molecule has 1 fully saturated rings. The molecule has 130 valence electrons. The molecule has 7 heteroatoms. The van der Waals surface area contributed by atoms with E-state index in [0.717, 1.165) is 29.4 Å². The predicted octanol–water partition coefficient (Wildman–Crippen LogP) is 3.01. The zero-order valence-corrected chi connectivity index (χ0v) is 15.9. The van der Waals surface area contributed by atoms with Crippen molar-refractivity contribution in [2.75, 3.05) is 13.1 Å². The third-order valence-electron chi connectivity index (χ3n) is 4.50. The Morgan fingerprint density at radius 1 is 1.42 bits per heavy atom. The van der Waals surface area contributed by atoms with Crippen molar-refractivity contribution in [3.05, 3.63) is 44.2 Å². The van der Waals surface area contributed by atoms with Crippen LogP contribution in [0.2, 0.25) is 0 Å². The standard InChI is InChI=1S/C17H19BrN2O3.ClH/c1-9-5-6-19-8-13(9)20-16(21)15-10(2)12-7-11(18)3-4-14(12)23-17(15)22;/h3-4,7,9,13,19H,5-6,8H2,1-2H3,(H,20,21);1H. The van der Waals surface area contributed by atoms with Gasteiger partial charge in [0.1, 0.15) is 11.1 Å². The number of hydrogen-bond acceptors (Lipinski definition) is 4. The lowest BCUT2D eigenvalue weighted by atomic mass is 9.94. The molecule has 0 spiro atoms. The maximum Gasteiger partial charge on any atom is 0.349 e. The summed E-state index contributed by atoms with van der Waals surface area (Å²) in [4.78, 5) is 24.9. The van der Waals surface area contributed by atoms with Crippen LogP contribution < -0.4 is 16.3 Å². The number of carbonyl (C=O) groups is 1. The predicted molar refractivity (Wildman–Crippen MR) is 100 cm³/mol. The number of nitrogens with one attached hydrogen (secondary N) is 2. The Balaban J connectivity index is 0.00000208. The number of carbonyl (C=O) groups excluding carboxylic acids is 1. The number of aryl methyl sites for hydroxylation is 1. The molecule has 1 saturated heterocycles. The second kappa shape index (κ2) is 7.68. The van der Waals surface area contributed by atoms with Gasteiger partial charge in [-0.1, -0.05) is 22.9 Å². The lowest BCUT2D eigenvalue weighted by molar-refractivity contribution is 0.0911. The fourth-order valence-corrected chi connectivity index (χ4v) is 3.37. The molecule has 2 aromatic rings. The molecule has 24 heavy (non-hydrogen) atoms. The molecule has 1 aliphatic rings. The summed E-state index contributed by atoms with van der Waals surface area (Å²) in [5.41, 5.74) is 0.631. The molecule has 2 heterocycles. The van der Waals surface area contributed by atoms with Crippen molar-refractivity contribution >= 4 is 45.2 Å². The number of benzene rings is 1. The smallest absolute Gasteiger partial charge is 0.349 e. The van der Waals surface area contributed by atoms with Crippen molar-refractivity contribution in [1.29, 1.82) is 0 Å². The van der Waals surface area contributed by atoms with Crippen molar-refractivity contribution < 1.29 is 9.21 Å². The van der Waals surface area contributed by atoms with Gasteiger partial charge in [-0.25, -0.2) is 4.79 Å². The van der Waals surface area contributed by atoms with Gasteiger partial charge in [0.15, 0.2) is 0 Å². The molecular formula is C17H20BrClN2O3. The van der Waals surface area contributed by atoms with Crippen molar-refractivity contribution in [1.82, 2.24) is 10.6 Å². The van der Waals surface area contributed by atoms with E-state index >= 15 is 0 Å². The quantitative estimate of drug-likeness (QED) is 0.740. The second-order valence-corrected chi connectivity index (χ2v) is 7.00. The molecular weight excluding hydrogens is 396 g/mol. The van der Waals surface area contributed by atoms with Crippen molar-refractivity contribution in [2.45, 2.75) is 26.3 Å². The lowest BCUT2D eigenvalue weighted by Gasteiger charge is -2.30. The van der Waals surface area contributed by atoms with Gasteiger partial charge in [-0.2, -0.15) is 0 Å². The number of amides is 1. The van der Waals surface area contributed by atoms with Gasteiger partial charge < -0.3 is 15.1 Å². The molecule has 2 N–H and O–H groups in total. The van der Waals surface area contributed by atoms with Gasteiger partial charge in [0, 0.05) is 22.4 Å². The summed E-state index contributed by atoms with van der Waals surface area (Å²) in [6, 6.07) is 5.41. The van der Waals surface area contributed by atoms with Crippen molar-refractivity contribution in [3.63, 3.8) is 0 Å². The van der Waals surface area contributed by atoms with Gasteiger partial charge >= 0.3 is 5.63 Å². The van der Waals surface area contributed by atoms with E-state index in [2.05, 4.69) is 33.5 Å². The minimum atomic E-state index is -0.591. The summed E-state index contributed by atoms with van der Waals surface area (Å²) in [5, 5.41) is 7.00. The van der Waals surface area contributed by atoms with Crippen LogP contribution in [0.25, 0.3) is 11.0 Å². The van der Waals surface area contributed by atoms with Crippen LogP contribution in [0.4, 0.5) is 0 Å². The van der Waals surface area contributed by atoms with E-state index in [0.29, 0.717) is 17.1 Å².